The van der Waals surface area contributed by atoms with Gasteiger partial charge in [0.15, 0.2) is 0 Å². The van der Waals surface area contributed by atoms with Crippen molar-refractivity contribution >= 4 is 18.3 Å². The Bertz CT molecular complexity index is 360. The summed E-state index contributed by atoms with van der Waals surface area (Å²) in [5.74, 6) is 0.138. The molecule has 0 radical (unpaired) electrons. The fraction of sp³-hybridized carbons (Fsp3) is 0.500. The van der Waals surface area contributed by atoms with E-state index in [0.717, 1.165) is 12.0 Å². The van der Waals surface area contributed by atoms with Crippen LogP contribution in [0.25, 0.3) is 0 Å². The van der Waals surface area contributed by atoms with Crippen LogP contribution in [0.5, 0.6) is 0 Å². The number of hydrogen-bond donors (Lipinski definition) is 3. The topological polar surface area (TPSA) is 75.3 Å². The largest absolute Gasteiger partial charge is 0.396 e. The van der Waals surface area contributed by atoms with Gasteiger partial charge in [-0.2, -0.15) is 0 Å². The number of halogens is 1. The summed E-state index contributed by atoms with van der Waals surface area (Å²) in [6.45, 7) is 2.76. The maximum Gasteiger partial charge on any atom is 0.241 e. The molecule has 0 fully saturated rings. The Kier molecular flexibility index (Phi) is 9.21. The average Bonchev–Trinajstić information content (AvgIpc) is 2.43. The number of aliphatic hydroxyl groups is 1. The van der Waals surface area contributed by atoms with E-state index in [1.807, 2.05) is 37.3 Å². The molecule has 0 saturated heterocycles. The van der Waals surface area contributed by atoms with Gasteiger partial charge in [0.25, 0.3) is 0 Å². The zero-order chi connectivity index (χ0) is 13.4. The van der Waals surface area contributed by atoms with Gasteiger partial charge in [-0.15, -0.1) is 12.4 Å². The Morgan fingerprint density at radius 2 is 2.00 bits per heavy atom. The Labute approximate surface area is 120 Å². The first kappa shape index (κ1) is 17.9. The molecule has 2 unspecified atom stereocenters. The van der Waals surface area contributed by atoms with E-state index in [1.54, 1.807) is 0 Å². The van der Waals surface area contributed by atoms with E-state index in [0.29, 0.717) is 18.9 Å². The minimum absolute atomic E-state index is 0. The van der Waals surface area contributed by atoms with Crippen LogP contribution in [0.2, 0.25) is 0 Å². The van der Waals surface area contributed by atoms with Gasteiger partial charge in [-0.05, 0) is 17.9 Å². The Balaban J connectivity index is 0.00000324. The van der Waals surface area contributed by atoms with Crippen LogP contribution in [-0.2, 0) is 4.79 Å². The molecule has 0 aromatic heterocycles. The van der Waals surface area contributed by atoms with Crippen LogP contribution in [0.4, 0.5) is 0 Å². The standard InChI is InChI=1S/C14H22N2O2.ClH/c1-2-11(8-9-17)10-16-14(18)13(15)12-6-4-3-5-7-12;/h3-7,11,13,17H,2,8-10,15H2,1H3,(H,16,18);1H. The van der Waals surface area contributed by atoms with E-state index in [-0.39, 0.29) is 24.9 Å². The van der Waals surface area contributed by atoms with E-state index >= 15 is 0 Å². The molecule has 0 spiro atoms. The molecule has 0 aliphatic carbocycles. The normalized spacial score (nSPS) is 13.2. The van der Waals surface area contributed by atoms with Gasteiger partial charge in [0.2, 0.25) is 5.91 Å². The molecular formula is C14H23ClN2O2. The Morgan fingerprint density at radius 3 is 2.53 bits per heavy atom. The molecule has 4 nitrogen and oxygen atoms in total. The molecule has 1 rings (SSSR count). The Morgan fingerprint density at radius 1 is 1.37 bits per heavy atom. The number of hydrogen-bond acceptors (Lipinski definition) is 3. The van der Waals surface area contributed by atoms with Crippen LogP contribution in [0.3, 0.4) is 0 Å². The fourth-order valence-corrected chi connectivity index (χ4v) is 1.80. The third-order valence-corrected chi connectivity index (χ3v) is 3.12. The lowest BCUT2D eigenvalue weighted by Gasteiger charge is -2.17. The first-order chi connectivity index (χ1) is 8.69. The molecule has 0 bridgehead atoms. The summed E-state index contributed by atoms with van der Waals surface area (Å²) in [5.41, 5.74) is 6.69. The SMILES string of the molecule is CCC(CCO)CNC(=O)C(N)c1ccccc1.Cl. The van der Waals surface area contributed by atoms with Gasteiger partial charge in [-0.25, -0.2) is 0 Å². The summed E-state index contributed by atoms with van der Waals surface area (Å²) >= 11 is 0. The van der Waals surface area contributed by atoms with Gasteiger partial charge < -0.3 is 16.2 Å². The summed E-state index contributed by atoms with van der Waals surface area (Å²) in [6.07, 6.45) is 1.64. The van der Waals surface area contributed by atoms with Crippen LogP contribution < -0.4 is 11.1 Å². The zero-order valence-electron chi connectivity index (χ0n) is 11.2. The Hall–Kier alpha value is -1.10. The number of amides is 1. The van der Waals surface area contributed by atoms with Crippen LogP contribution >= 0.6 is 12.4 Å². The molecular weight excluding hydrogens is 264 g/mol. The molecule has 0 aliphatic rings. The molecule has 4 N–H and O–H groups in total. The summed E-state index contributed by atoms with van der Waals surface area (Å²) in [6, 6.07) is 8.68. The molecule has 108 valence electrons. The van der Waals surface area contributed by atoms with Crippen molar-refractivity contribution in [2.24, 2.45) is 11.7 Å². The quantitative estimate of drug-likeness (QED) is 0.713. The highest BCUT2D eigenvalue weighted by Crippen LogP contribution is 2.10. The number of benzene rings is 1. The van der Waals surface area contributed by atoms with Crippen LogP contribution in [0, 0.1) is 5.92 Å². The van der Waals surface area contributed by atoms with Crippen molar-refractivity contribution in [2.75, 3.05) is 13.2 Å². The van der Waals surface area contributed by atoms with E-state index in [2.05, 4.69) is 5.32 Å². The predicted octanol–water partition coefficient (Wildman–Crippen LogP) is 1.63. The van der Waals surface area contributed by atoms with Crippen molar-refractivity contribution in [2.45, 2.75) is 25.8 Å². The molecule has 1 amide bonds. The summed E-state index contributed by atoms with van der Waals surface area (Å²) in [4.78, 5) is 11.9. The van der Waals surface area contributed by atoms with Crippen LogP contribution in [-0.4, -0.2) is 24.2 Å². The first-order valence-electron chi connectivity index (χ1n) is 6.38. The molecule has 0 saturated carbocycles. The average molecular weight is 287 g/mol. The zero-order valence-corrected chi connectivity index (χ0v) is 12.0. The number of nitrogens with one attached hydrogen (secondary N) is 1. The van der Waals surface area contributed by atoms with Gasteiger partial charge >= 0.3 is 0 Å². The highest BCUT2D eigenvalue weighted by atomic mass is 35.5. The number of rotatable bonds is 7. The minimum atomic E-state index is -0.627. The van der Waals surface area contributed by atoms with Crippen molar-refractivity contribution in [1.29, 1.82) is 0 Å². The van der Waals surface area contributed by atoms with Crippen molar-refractivity contribution in [3.05, 3.63) is 35.9 Å². The summed E-state index contributed by atoms with van der Waals surface area (Å²) < 4.78 is 0. The second-order valence-corrected chi connectivity index (χ2v) is 4.42. The van der Waals surface area contributed by atoms with Crippen LogP contribution in [0.1, 0.15) is 31.4 Å². The van der Waals surface area contributed by atoms with Crippen molar-refractivity contribution in [3.8, 4) is 0 Å². The first-order valence-corrected chi connectivity index (χ1v) is 6.38. The molecule has 19 heavy (non-hydrogen) atoms. The third kappa shape index (κ3) is 6.05. The summed E-state index contributed by atoms with van der Waals surface area (Å²) in [5, 5.41) is 11.7. The van der Waals surface area contributed by atoms with Gasteiger partial charge in [-0.1, -0.05) is 43.7 Å². The number of carbonyl (C=O) groups is 1. The van der Waals surface area contributed by atoms with E-state index in [1.165, 1.54) is 0 Å². The fourth-order valence-electron chi connectivity index (χ4n) is 1.80. The van der Waals surface area contributed by atoms with E-state index in [9.17, 15) is 4.79 Å². The third-order valence-electron chi connectivity index (χ3n) is 3.12. The van der Waals surface area contributed by atoms with Crippen molar-refractivity contribution in [3.63, 3.8) is 0 Å². The lowest BCUT2D eigenvalue weighted by atomic mass is 10.0. The highest BCUT2D eigenvalue weighted by Gasteiger charge is 2.16. The maximum absolute atomic E-state index is 11.9. The lowest BCUT2D eigenvalue weighted by Crippen LogP contribution is -2.37. The molecule has 1 aromatic carbocycles. The predicted molar refractivity (Wildman–Crippen MR) is 79.1 cm³/mol. The van der Waals surface area contributed by atoms with Gasteiger partial charge in [0.05, 0.1) is 0 Å². The van der Waals surface area contributed by atoms with E-state index < -0.39 is 6.04 Å². The monoisotopic (exact) mass is 286 g/mol. The minimum Gasteiger partial charge on any atom is -0.396 e. The second kappa shape index (κ2) is 9.78. The molecule has 0 heterocycles. The molecule has 2 atom stereocenters. The maximum atomic E-state index is 11.9. The highest BCUT2D eigenvalue weighted by molar-refractivity contribution is 5.85. The van der Waals surface area contributed by atoms with Crippen molar-refractivity contribution in [1.82, 2.24) is 5.32 Å². The molecule has 1 aromatic rings. The van der Waals surface area contributed by atoms with Gasteiger partial charge in [-0.3, -0.25) is 4.79 Å². The number of nitrogens with two attached hydrogens (primary N) is 1. The lowest BCUT2D eigenvalue weighted by molar-refractivity contribution is -0.122. The number of carbonyl (C=O) groups excluding carboxylic acids is 1. The molecule has 5 heteroatoms. The van der Waals surface area contributed by atoms with Crippen LogP contribution in [0.15, 0.2) is 30.3 Å². The smallest absolute Gasteiger partial charge is 0.241 e. The number of aliphatic hydroxyl groups excluding tert-OH is 1. The van der Waals surface area contributed by atoms with Gasteiger partial charge in [0.1, 0.15) is 6.04 Å². The molecule has 0 aliphatic heterocycles. The van der Waals surface area contributed by atoms with Gasteiger partial charge in [0, 0.05) is 13.2 Å². The summed E-state index contributed by atoms with van der Waals surface area (Å²) in [7, 11) is 0. The van der Waals surface area contributed by atoms with Crippen molar-refractivity contribution < 1.29 is 9.90 Å². The second-order valence-electron chi connectivity index (χ2n) is 4.42. The van der Waals surface area contributed by atoms with E-state index in [4.69, 9.17) is 10.8 Å².